The summed E-state index contributed by atoms with van der Waals surface area (Å²) in [6, 6.07) is 4.01. The fraction of sp³-hybridized carbons (Fsp3) is 0.143. The van der Waals surface area contributed by atoms with Crippen LogP contribution in [0.25, 0.3) is 33.3 Å². The van der Waals surface area contributed by atoms with E-state index < -0.39 is 0 Å². The number of pyridine rings is 1. The molecule has 0 saturated carbocycles. The van der Waals surface area contributed by atoms with Crippen molar-refractivity contribution in [3.63, 3.8) is 0 Å². The fourth-order valence-electron chi connectivity index (χ4n) is 2.52. The molecule has 7 nitrogen and oxygen atoms in total. The number of nitrogens with one attached hydrogen (secondary N) is 1. The molecule has 0 unspecified atom stereocenters. The molecule has 0 spiro atoms. The Morgan fingerprint density at radius 1 is 1.29 bits per heavy atom. The fourth-order valence-corrected chi connectivity index (χ4v) is 2.52. The van der Waals surface area contributed by atoms with Crippen molar-refractivity contribution in [2.75, 3.05) is 5.73 Å². The summed E-state index contributed by atoms with van der Waals surface area (Å²) in [7, 11) is 0. The zero-order chi connectivity index (χ0) is 14.4. The molecule has 0 saturated heterocycles. The maximum atomic E-state index is 6.02. The van der Waals surface area contributed by atoms with E-state index in [1.807, 2.05) is 29.9 Å². The first-order chi connectivity index (χ1) is 10.3. The van der Waals surface area contributed by atoms with Crippen LogP contribution in [0.3, 0.4) is 0 Å². The van der Waals surface area contributed by atoms with Gasteiger partial charge in [-0.25, -0.2) is 19.6 Å². The third-order valence-electron chi connectivity index (χ3n) is 3.53. The lowest BCUT2D eigenvalue weighted by atomic mass is 10.1. The second-order valence-electron chi connectivity index (χ2n) is 4.76. The Bertz CT molecular complexity index is 950. The Hall–Kier alpha value is -2.96. The van der Waals surface area contributed by atoms with Crippen molar-refractivity contribution in [1.82, 2.24) is 29.7 Å². The van der Waals surface area contributed by atoms with E-state index in [0.29, 0.717) is 12.4 Å². The standard InChI is InChI=1S/C14H13N7/c1-2-21-14-10(12(15)18-7-19-14)11(20-21)9-5-8-3-4-16-13(8)17-6-9/h3-7H,2H2,1H3,(H,16,17)(H2,15,18,19). The molecule has 0 amide bonds. The summed E-state index contributed by atoms with van der Waals surface area (Å²) in [6.07, 6.45) is 5.11. The summed E-state index contributed by atoms with van der Waals surface area (Å²) < 4.78 is 1.82. The van der Waals surface area contributed by atoms with Gasteiger partial charge < -0.3 is 10.7 Å². The number of aryl methyl sites for hydroxylation is 1. The van der Waals surface area contributed by atoms with Crippen LogP contribution in [0.2, 0.25) is 0 Å². The molecule has 0 atom stereocenters. The molecule has 0 fully saturated rings. The van der Waals surface area contributed by atoms with Gasteiger partial charge in [0.05, 0.1) is 5.39 Å². The summed E-state index contributed by atoms with van der Waals surface area (Å²) >= 11 is 0. The largest absolute Gasteiger partial charge is 0.383 e. The zero-order valence-electron chi connectivity index (χ0n) is 11.4. The molecule has 21 heavy (non-hydrogen) atoms. The number of H-pyrrole nitrogens is 1. The molecule has 4 aromatic rings. The second kappa shape index (κ2) is 4.27. The van der Waals surface area contributed by atoms with E-state index in [1.165, 1.54) is 6.33 Å². The van der Waals surface area contributed by atoms with Crippen LogP contribution in [0.5, 0.6) is 0 Å². The van der Waals surface area contributed by atoms with Gasteiger partial charge in [0, 0.05) is 29.9 Å². The van der Waals surface area contributed by atoms with Gasteiger partial charge in [0.1, 0.15) is 23.5 Å². The van der Waals surface area contributed by atoms with E-state index in [0.717, 1.165) is 33.3 Å². The van der Waals surface area contributed by atoms with Gasteiger partial charge in [0.2, 0.25) is 0 Å². The normalized spacial score (nSPS) is 11.5. The highest BCUT2D eigenvalue weighted by atomic mass is 15.3. The van der Waals surface area contributed by atoms with Gasteiger partial charge in [-0.1, -0.05) is 0 Å². The van der Waals surface area contributed by atoms with Gasteiger partial charge in [-0.2, -0.15) is 5.10 Å². The van der Waals surface area contributed by atoms with E-state index >= 15 is 0 Å². The van der Waals surface area contributed by atoms with Gasteiger partial charge in [-0.05, 0) is 19.1 Å². The van der Waals surface area contributed by atoms with Crippen LogP contribution in [0, 0.1) is 0 Å². The van der Waals surface area contributed by atoms with Crippen molar-refractivity contribution in [2.45, 2.75) is 13.5 Å². The van der Waals surface area contributed by atoms with E-state index in [4.69, 9.17) is 5.73 Å². The molecule has 7 heteroatoms. The number of hydrogen-bond acceptors (Lipinski definition) is 5. The number of anilines is 1. The van der Waals surface area contributed by atoms with Crippen molar-refractivity contribution < 1.29 is 0 Å². The number of nitrogens with two attached hydrogens (primary N) is 1. The molecule has 4 heterocycles. The van der Waals surface area contributed by atoms with Crippen molar-refractivity contribution in [1.29, 1.82) is 0 Å². The highest BCUT2D eigenvalue weighted by molar-refractivity contribution is 5.99. The average molecular weight is 279 g/mol. The molecule has 0 aliphatic heterocycles. The van der Waals surface area contributed by atoms with Crippen LogP contribution in [-0.2, 0) is 6.54 Å². The average Bonchev–Trinajstić information content (AvgIpc) is 3.11. The Balaban J connectivity index is 2.05. The van der Waals surface area contributed by atoms with Gasteiger partial charge in [0.15, 0.2) is 5.65 Å². The predicted octanol–water partition coefficient (Wildman–Crippen LogP) is 1.97. The maximum Gasteiger partial charge on any atom is 0.163 e. The molecule has 0 aliphatic carbocycles. The number of nitrogen functional groups attached to an aromatic ring is 1. The second-order valence-corrected chi connectivity index (χ2v) is 4.76. The van der Waals surface area contributed by atoms with Gasteiger partial charge in [0.25, 0.3) is 0 Å². The Labute approximate surface area is 119 Å². The van der Waals surface area contributed by atoms with E-state index in [1.54, 1.807) is 6.20 Å². The van der Waals surface area contributed by atoms with E-state index in [2.05, 4.69) is 25.0 Å². The smallest absolute Gasteiger partial charge is 0.163 e. The lowest BCUT2D eigenvalue weighted by Gasteiger charge is -1.99. The molecule has 0 aliphatic rings. The number of hydrogen-bond donors (Lipinski definition) is 2. The predicted molar refractivity (Wildman–Crippen MR) is 80.5 cm³/mol. The number of fused-ring (bicyclic) bond motifs is 2. The molecular formula is C14H13N7. The zero-order valence-corrected chi connectivity index (χ0v) is 11.4. The van der Waals surface area contributed by atoms with Crippen LogP contribution in [0.1, 0.15) is 6.92 Å². The van der Waals surface area contributed by atoms with Crippen molar-refractivity contribution in [2.24, 2.45) is 0 Å². The summed E-state index contributed by atoms with van der Waals surface area (Å²) in [4.78, 5) is 15.9. The van der Waals surface area contributed by atoms with Gasteiger partial charge in [-0.15, -0.1) is 0 Å². The lowest BCUT2D eigenvalue weighted by molar-refractivity contribution is 0.679. The van der Waals surface area contributed by atoms with Crippen molar-refractivity contribution in [3.8, 4) is 11.3 Å². The Morgan fingerprint density at radius 3 is 3.05 bits per heavy atom. The van der Waals surface area contributed by atoms with Gasteiger partial charge in [-0.3, -0.25) is 0 Å². The SMILES string of the molecule is CCn1nc(-c2cnc3[nH]ccc3c2)c2c(N)ncnc21. The monoisotopic (exact) mass is 279 g/mol. The quantitative estimate of drug-likeness (QED) is 0.584. The molecule has 0 aromatic carbocycles. The number of nitrogens with zero attached hydrogens (tertiary/aromatic N) is 5. The highest BCUT2D eigenvalue weighted by Gasteiger charge is 2.16. The topological polar surface area (TPSA) is 98.3 Å². The number of rotatable bonds is 2. The van der Waals surface area contributed by atoms with E-state index in [-0.39, 0.29) is 0 Å². The van der Waals surface area contributed by atoms with Crippen LogP contribution in [0.4, 0.5) is 5.82 Å². The molecule has 3 N–H and O–H groups in total. The summed E-state index contributed by atoms with van der Waals surface area (Å²) in [5.41, 5.74) is 9.29. The minimum atomic E-state index is 0.434. The van der Waals surface area contributed by atoms with Crippen LogP contribution < -0.4 is 5.73 Å². The Kier molecular flexibility index (Phi) is 2.41. The third-order valence-corrected chi connectivity index (χ3v) is 3.53. The highest BCUT2D eigenvalue weighted by Crippen LogP contribution is 2.30. The molecule has 104 valence electrons. The van der Waals surface area contributed by atoms with Crippen molar-refractivity contribution >= 4 is 27.9 Å². The first-order valence-corrected chi connectivity index (χ1v) is 6.68. The summed E-state index contributed by atoms with van der Waals surface area (Å²) in [6.45, 7) is 2.73. The minimum Gasteiger partial charge on any atom is -0.383 e. The van der Waals surface area contributed by atoms with E-state index in [9.17, 15) is 0 Å². The minimum absolute atomic E-state index is 0.434. The maximum absolute atomic E-state index is 6.02. The number of aromatic amines is 1. The molecule has 0 bridgehead atoms. The first kappa shape index (κ1) is 11.8. The van der Waals surface area contributed by atoms with Crippen LogP contribution in [-0.4, -0.2) is 29.7 Å². The molecule has 4 aromatic heterocycles. The van der Waals surface area contributed by atoms with Crippen LogP contribution >= 0.6 is 0 Å². The number of aromatic nitrogens is 6. The lowest BCUT2D eigenvalue weighted by Crippen LogP contribution is -1.98. The summed E-state index contributed by atoms with van der Waals surface area (Å²) in [5.74, 6) is 0.434. The Morgan fingerprint density at radius 2 is 2.19 bits per heavy atom. The summed E-state index contributed by atoms with van der Waals surface area (Å²) in [5, 5.41) is 6.42. The van der Waals surface area contributed by atoms with Crippen molar-refractivity contribution in [3.05, 3.63) is 30.9 Å². The molecule has 0 radical (unpaired) electrons. The molecular weight excluding hydrogens is 266 g/mol. The van der Waals surface area contributed by atoms with Gasteiger partial charge >= 0.3 is 0 Å². The molecule has 4 rings (SSSR count). The third kappa shape index (κ3) is 1.67. The first-order valence-electron chi connectivity index (χ1n) is 6.68. The van der Waals surface area contributed by atoms with Crippen LogP contribution in [0.15, 0.2) is 30.9 Å².